The van der Waals surface area contributed by atoms with Gasteiger partial charge in [-0.25, -0.2) is 4.79 Å². The van der Waals surface area contributed by atoms with Crippen molar-refractivity contribution in [2.24, 2.45) is 5.16 Å². The van der Waals surface area contributed by atoms with E-state index in [1.165, 1.54) is 19.1 Å². The van der Waals surface area contributed by atoms with Gasteiger partial charge < -0.3 is 14.3 Å². The Morgan fingerprint density at radius 2 is 1.41 bits per heavy atom. The number of ether oxygens (including phenoxy) is 2. The quantitative estimate of drug-likeness (QED) is 0.392. The molecular formula is C19H18F3NO4. The monoisotopic (exact) mass is 381 g/mol. The van der Waals surface area contributed by atoms with E-state index >= 15 is 0 Å². The Hall–Kier alpha value is -3.03. The van der Waals surface area contributed by atoms with Gasteiger partial charge in [-0.2, -0.15) is 13.2 Å². The first kappa shape index (κ1) is 20.3. The summed E-state index contributed by atoms with van der Waals surface area (Å²) in [6.07, 6.45) is -5.26. The maximum absolute atomic E-state index is 12.5. The first-order valence-corrected chi connectivity index (χ1v) is 7.99. The molecule has 2 aromatic carbocycles. The van der Waals surface area contributed by atoms with E-state index < -0.39 is 23.8 Å². The Morgan fingerprint density at radius 1 is 0.926 bits per heavy atom. The van der Waals surface area contributed by atoms with Crippen molar-refractivity contribution < 1.29 is 32.3 Å². The van der Waals surface area contributed by atoms with Crippen LogP contribution in [0.3, 0.4) is 0 Å². The zero-order valence-electron chi connectivity index (χ0n) is 14.9. The zero-order valence-corrected chi connectivity index (χ0v) is 14.9. The first-order chi connectivity index (χ1) is 12.6. The smallest absolute Gasteiger partial charge is 0.416 e. The van der Waals surface area contributed by atoms with Gasteiger partial charge in [-0.05, 0) is 69.3 Å². The lowest BCUT2D eigenvalue weighted by atomic mass is 10.2. The molecule has 0 spiro atoms. The average Bonchev–Trinajstić information content (AvgIpc) is 2.61. The lowest BCUT2D eigenvalue weighted by Crippen LogP contribution is -2.24. The fraction of sp³-hybridized carbons (Fsp3) is 0.263. The molecule has 2 aromatic rings. The molecule has 0 bridgehead atoms. The predicted molar refractivity (Wildman–Crippen MR) is 92.9 cm³/mol. The standard InChI is InChI=1S/C19H18F3NO4/c1-12(2)23-27-18(24)13(3)25-15-8-10-17(11-9-15)26-16-6-4-14(5-7-16)19(20,21)22/h4-11,13H,1-3H3/t13-/m1/s1. The predicted octanol–water partition coefficient (Wildman–Crippen LogP) is 5.20. The summed E-state index contributed by atoms with van der Waals surface area (Å²) in [4.78, 5) is 16.4. The van der Waals surface area contributed by atoms with Crippen LogP contribution in [0.25, 0.3) is 0 Å². The summed E-state index contributed by atoms with van der Waals surface area (Å²) in [6, 6.07) is 10.6. The molecule has 2 rings (SSSR count). The van der Waals surface area contributed by atoms with Gasteiger partial charge in [-0.3, -0.25) is 0 Å². The summed E-state index contributed by atoms with van der Waals surface area (Å²) in [7, 11) is 0. The van der Waals surface area contributed by atoms with E-state index in [0.29, 0.717) is 17.2 Å². The van der Waals surface area contributed by atoms with Crippen LogP contribution in [0.15, 0.2) is 53.7 Å². The minimum absolute atomic E-state index is 0.265. The molecule has 0 fully saturated rings. The van der Waals surface area contributed by atoms with Crippen LogP contribution in [0.1, 0.15) is 26.3 Å². The summed E-state index contributed by atoms with van der Waals surface area (Å²) in [5.74, 6) is 0.433. The third kappa shape index (κ3) is 6.32. The van der Waals surface area contributed by atoms with Crippen molar-refractivity contribution >= 4 is 11.7 Å². The van der Waals surface area contributed by atoms with E-state index in [9.17, 15) is 18.0 Å². The van der Waals surface area contributed by atoms with Crippen LogP contribution >= 0.6 is 0 Å². The van der Waals surface area contributed by atoms with Crippen molar-refractivity contribution in [2.45, 2.75) is 33.1 Å². The number of carbonyl (C=O) groups excluding carboxylic acids is 1. The van der Waals surface area contributed by atoms with Gasteiger partial charge in [0.25, 0.3) is 0 Å². The fourth-order valence-corrected chi connectivity index (χ4v) is 1.90. The molecule has 0 radical (unpaired) electrons. The second kappa shape index (κ2) is 8.57. The van der Waals surface area contributed by atoms with E-state index in [1.54, 1.807) is 38.1 Å². The van der Waals surface area contributed by atoms with Crippen molar-refractivity contribution in [1.29, 1.82) is 0 Å². The van der Waals surface area contributed by atoms with Crippen molar-refractivity contribution in [2.75, 3.05) is 0 Å². The van der Waals surface area contributed by atoms with Gasteiger partial charge in [0.05, 0.1) is 11.3 Å². The van der Waals surface area contributed by atoms with Crippen LogP contribution in [-0.2, 0) is 15.8 Å². The second-order valence-electron chi connectivity index (χ2n) is 5.80. The Balaban J connectivity index is 1.95. The molecule has 144 valence electrons. The maximum atomic E-state index is 12.5. The Bertz CT molecular complexity index is 795. The third-order valence-electron chi connectivity index (χ3n) is 3.20. The van der Waals surface area contributed by atoms with Gasteiger partial charge in [0.1, 0.15) is 17.2 Å². The molecule has 8 heteroatoms. The van der Waals surface area contributed by atoms with Gasteiger partial charge in [-0.1, -0.05) is 5.16 Å². The van der Waals surface area contributed by atoms with Gasteiger partial charge >= 0.3 is 12.1 Å². The van der Waals surface area contributed by atoms with Crippen molar-refractivity contribution in [3.63, 3.8) is 0 Å². The topological polar surface area (TPSA) is 57.1 Å². The Kier molecular flexibility index (Phi) is 6.44. The molecule has 0 aliphatic heterocycles. The number of carbonyl (C=O) groups is 1. The molecule has 27 heavy (non-hydrogen) atoms. The summed E-state index contributed by atoms with van der Waals surface area (Å²) < 4.78 is 48.6. The number of alkyl halides is 3. The minimum Gasteiger partial charge on any atom is -0.479 e. The SMILES string of the molecule is CC(C)=NOC(=O)[C@@H](C)Oc1ccc(Oc2ccc(C(F)(F)F)cc2)cc1. The molecule has 0 amide bonds. The number of nitrogens with zero attached hydrogens (tertiary/aromatic N) is 1. The maximum Gasteiger partial charge on any atom is 0.416 e. The molecule has 0 N–H and O–H groups in total. The number of hydrogen-bond acceptors (Lipinski definition) is 5. The molecule has 0 aliphatic rings. The number of benzene rings is 2. The van der Waals surface area contributed by atoms with Gasteiger partial charge in [0.15, 0.2) is 6.10 Å². The van der Waals surface area contributed by atoms with Crippen LogP contribution in [0.2, 0.25) is 0 Å². The van der Waals surface area contributed by atoms with Crippen molar-refractivity contribution in [3.05, 3.63) is 54.1 Å². The molecule has 1 atom stereocenters. The highest BCUT2D eigenvalue weighted by molar-refractivity contribution is 5.80. The van der Waals surface area contributed by atoms with E-state index in [2.05, 4.69) is 5.16 Å². The summed E-state index contributed by atoms with van der Waals surface area (Å²) in [6.45, 7) is 4.90. The number of halogens is 3. The molecule has 5 nitrogen and oxygen atoms in total. The molecule has 0 aromatic heterocycles. The highest BCUT2D eigenvalue weighted by Crippen LogP contribution is 2.31. The Morgan fingerprint density at radius 3 is 1.89 bits per heavy atom. The van der Waals surface area contributed by atoms with Crippen LogP contribution in [-0.4, -0.2) is 17.8 Å². The fourth-order valence-electron chi connectivity index (χ4n) is 1.90. The van der Waals surface area contributed by atoms with Crippen molar-refractivity contribution in [3.8, 4) is 17.2 Å². The number of rotatable bonds is 6. The van der Waals surface area contributed by atoms with Crippen LogP contribution < -0.4 is 9.47 Å². The number of oxime groups is 1. The highest BCUT2D eigenvalue weighted by Gasteiger charge is 2.30. The molecular weight excluding hydrogens is 363 g/mol. The van der Waals surface area contributed by atoms with Gasteiger partial charge in [0.2, 0.25) is 0 Å². The van der Waals surface area contributed by atoms with E-state index in [-0.39, 0.29) is 5.75 Å². The van der Waals surface area contributed by atoms with E-state index in [4.69, 9.17) is 14.3 Å². The summed E-state index contributed by atoms with van der Waals surface area (Å²) >= 11 is 0. The first-order valence-electron chi connectivity index (χ1n) is 7.99. The van der Waals surface area contributed by atoms with Crippen LogP contribution in [0, 0.1) is 0 Å². The summed E-state index contributed by atoms with van der Waals surface area (Å²) in [5.41, 5.74) is -0.151. The van der Waals surface area contributed by atoms with Gasteiger partial charge in [0, 0.05) is 0 Å². The lowest BCUT2D eigenvalue weighted by molar-refractivity contribution is -0.151. The van der Waals surface area contributed by atoms with Gasteiger partial charge in [-0.15, -0.1) is 0 Å². The normalized spacial score (nSPS) is 12.1. The summed E-state index contributed by atoms with van der Waals surface area (Å²) in [5, 5.41) is 3.57. The Labute approximate surface area is 154 Å². The molecule has 0 unspecified atom stereocenters. The third-order valence-corrected chi connectivity index (χ3v) is 3.20. The minimum atomic E-state index is -4.39. The lowest BCUT2D eigenvalue weighted by Gasteiger charge is -2.13. The number of hydrogen-bond donors (Lipinski definition) is 0. The highest BCUT2D eigenvalue weighted by atomic mass is 19.4. The molecule has 0 heterocycles. The average molecular weight is 381 g/mol. The van der Waals surface area contributed by atoms with E-state index in [0.717, 1.165) is 12.1 Å². The second-order valence-corrected chi connectivity index (χ2v) is 5.80. The van der Waals surface area contributed by atoms with Crippen LogP contribution in [0.5, 0.6) is 17.2 Å². The molecule has 0 saturated heterocycles. The van der Waals surface area contributed by atoms with E-state index in [1.807, 2.05) is 0 Å². The molecule has 0 aliphatic carbocycles. The largest absolute Gasteiger partial charge is 0.479 e. The zero-order chi connectivity index (χ0) is 20.0. The van der Waals surface area contributed by atoms with Crippen molar-refractivity contribution in [1.82, 2.24) is 0 Å². The van der Waals surface area contributed by atoms with Crippen LogP contribution in [0.4, 0.5) is 13.2 Å². The molecule has 0 saturated carbocycles.